The maximum Gasteiger partial charge on any atom is 0.123 e. The molecule has 0 aliphatic carbocycles. The lowest BCUT2D eigenvalue weighted by molar-refractivity contribution is 0.627. The molecule has 1 heterocycles. The number of para-hydroxylation sites is 1. The molecule has 0 saturated heterocycles. The molecule has 0 amide bonds. The Hall–Kier alpha value is -2.62. The molecule has 0 bridgehead atoms. The number of halogens is 1. The average Bonchev–Trinajstić information content (AvgIpc) is 2.48. The Morgan fingerprint density at radius 1 is 1.05 bits per heavy atom. The van der Waals surface area contributed by atoms with Gasteiger partial charge in [0.25, 0.3) is 0 Å². The maximum absolute atomic E-state index is 13.4. The number of nitrogens with two attached hydrogens (primary N) is 1. The summed E-state index contributed by atoms with van der Waals surface area (Å²) in [5.41, 5.74) is 8.44. The van der Waals surface area contributed by atoms with Gasteiger partial charge in [-0.05, 0) is 24.3 Å². The van der Waals surface area contributed by atoms with Gasteiger partial charge in [-0.2, -0.15) is 0 Å². The molecule has 2 N–H and O–H groups in total. The Morgan fingerprint density at radius 2 is 1.85 bits per heavy atom. The highest BCUT2D eigenvalue weighted by Crippen LogP contribution is 2.28. The van der Waals surface area contributed by atoms with Crippen molar-refractivity contribution in [2.75, 3.05) is 11.4 Å². The van der Waals surface area contributed by atoms with Gasteiger partial charge >= 0.3 is 0 Å². The molecular formula is C16H14FN3. The Balaban J connectivity index is 2.06. The predicted molar refractivity (Wildman–Crippen MR) is 79.8 cm³/mol. The molecule has 2 aromatic rings. The lowest BCUT2D eigenvalue weighted by Crippen LogP contribution is -2.35. The van der Waals surface area contributed by atoms with Gasteiger partial charge in [-0.25, -0.2) is 9.38 Å². The summed E-state index contributed by atoms with van der Waals surface area (Å²) in [7, 11) is 0. The lowest BCUT2D eigenvalue weighted by atomic mass is 10.1. The summed E-state index contributed by atoms with van der Waals surface area (Å²) in [4.78, 5) is 6.19. The molecular weight excluding hydrogens is 253 g/mol. The first-order chi connectivity index (χ1) is 9.74. The van der Waals surface area contributed by atoms with Crippen molar-refractivity contribution in [1.82, 2.24) is 0 Å². The van der Waals surface area contributed by atoms with E-state index in [0.717, 1.165) is 16.9 Å². The van der Waals surface area contributed by atoms with Crippen LogP contribution in [0.25, 0.3) is 5.70 Å². The minimum Gasteiger partial charge on any atom is -0.386 e. The summed E-state index contributed by atoms with van der Waals surface area (Å²) in [6, 6.07) is 16.3. The van der Waals surface area contributed by atoms with Crippen molar-refractivity contribution in [2.24, 2.45) is 10.7 Å². The van der Waals surface area contributed by atoms with Gasteiger partial charge in [-0.3, -0.25) is 0 Å². The number of hydrogen-bond donors (Lipinski definition) is 1. The normalized spacial score (nSPS) is 14.8. The molecule has 20 heavy (non-hydrogen) atoms. The minimum atomic E-state index is -0.265. The topological polar surface area (TPSA) is 41.6 Å². The molecule has 0 spiro atoms. The van der Waals surface area contributed by atoms with E-state index in [-0.39, 0.29) is 5.82 Å². The summed E-state index contributed by atoms with van der Waals surface area (Å²) >= 11 is 0. The van der Waals surface area contributed by atoms with E-state index >= 15 is 0 Å². The van der Waals surface area contributed by atoms with E-state index in [2.05, 4.69) is 4.99 Å². The van der Waals surface area contributed by atoms with Crippen molar-refractivity contribution in [3.8, 4) is 0 Å². The highest BCUT2D eigenvalue weighted by Gasteiger charge is 2.18. The molecule has 0 atom stereocenters. The Kier molecular flexibility index (Phi) is 3.21. The molecule has 3 rings (SSSR count). The van der Waals surface area contributed by atoms with Gasteiger partial charge in [0.2, 0.25) is 0 Å². The molecule has 1 aliphatic heterocycles. The number of aliphatic imine (C=N–C) groups is 1. The standard InChI is InChI=1S/C16H14FN3/c17-13-6-4-5-12(9-13)15-10-19-16(18)11-20(15)14-7-2-1-3-8-14/h1-10H,11H2,(H2,18,19). The molecule has 4 heteroatoms. The third-order valence-electron chi connectivity index (χ3n) is 3.15. The Morgan fingerprint density at radius 3 is 2.60 bits per heavy atom. The number of rotatable bonds is 2. The monoisotopic (exact) mass is 267 g/mol. The summed E-state index contributed by atoms with van der Waals surface area (Å²) in [5, 5.41) is 0. The minimum absolute atomic E-state index is 0.265. The molecule has 0 saturated carbocycles. The molecule has 0 unspecified atom stereocenters. The second-order valence-electron chi connectivity index (χ2n) is 4.57. The predicted octanol–water partition coefficient (Wildman–Crippen LogP) is 3.00. The van der Waals surface area contributed by atoms with Gasteiger partial charge in [0.15, 0.2) is 0 Å². The molecule has 1 aliphatic rings. The van der Waals surface area contributed by atoms with Crippen molar-refractivity contribution >= 4 is 17.2 Å². The number of amidine groups is 1. The van der Waals surface area contributed by atoms with Gasteiger partial charge < -0.3 is 10.6 Å². The molecule has 0 aromatic heterocycles. The van der Waals surface area contributed by atoms with Crippen molar-refractivity contribution in [1.29, 1.82) is 0 Å². The van der Waals surface area contributed by atoms with Gasteiger partial charge in [0, 0.05) is 11.3 Å². The third kappa shape index (κ3) is 2.40. The van der Waals surface area contributed by atoms with Crippen LogP contribution in [0.15, 0.2) is 65.8 Å². The third-order valence-corrected chi connectivity index (χ3v) is 3.15. The van der Waals surface area contributed by atoms with Crippen molar-refractivity contribution in [3.63, 3.8) is 0 Å². The maximum atomic E-state index is 13.4. The van der Waals surface area contributed by atoms with E-state index in [4.69, 9.17) is 5.73 Å². The van der Waals surface area contributed by atoms with Gasteiger partial charge in [-0.15, -0.1) is 0 Å². The zero-order valence-corrected chi connectivity index (χ0v) is 10.8. The van der Waals surface area contributed by atoms with Crippen LogP contribution in [0.2, 0.25) is 0 Å². The second kappa shape index (κ2) is 5.17. The first-order valence-corrected chi connectivity index (χ1v) is 6.35. The van der Waals surface area contributed by atoms with E-state index in [1.807, 2.05) is 41.3 Å². The summed E-state index contributed by atoms with van der Waals surface area (Å²) in [5.74, 6) is 0.271. The van der Waals surface area contributed by atoms with Crippen molar-refractivity contribution < 1.29 is 4.39 Å². The van der Waals surface area contributed by atoms with E-state index in [1.165, 1.54) is 12.1 Å². The molecule has 0 radical (unpaired) electrons. The highest BCUT2D eigenvalue weighted by molar-refractivity contribution is 5.95. The van der Waals surface area contributed by atoms with Crippen LogP contribution in [-0.2, 0) is 0 Å². The number of anilines is 1. The summed E-state index contributed by atoms with van der Waals surface area (Å²) < 4.78 is 13.4. The fourth-order valence-corrected chi connectivity index (χ4v) is 2.22. The van der Waals surface area contributed by atoms with Crippen molar-refractivity contribution in [3.05, 3.63) is 72.2 Å². The summed E-state index contributed by atoms with van der Waals surface area (Å²) in [6.45, 7) is 0.492. The van der Waals surface area contributed by atoms with Crippen LogP contribution in [0.1, 0.15) is 5.56 Å². The van der Waals surface area contributed by atoms with Crippen molar-refractivity contribution in [2.45, 2.75) is 0 Å². The Bertz CT molecular complexity index is 677. The van der Waals surface area contributed by atoms with Crippen LogP contribution < -0.4 is 10.6 Å². The van der Waals surface area contributed by atoms with Crippen LogP contribution in [0.3, 0.4) is 0 Å². The van der Waals surface area contributed by atoms with Crippen LogP contribution >= 0.6 is 0 Å². The van der Waals surface area contributed by atoms with Crippen LogP contribution in [0.5, 0.6) is 0 Å². The number of hydrogen-bond acceptors (Lipinski definition) is 3. The fourth-order valence-electron chi connectivity index (χ4n) is 2.22. The van der Waals surface area contributed by atoms with E-state index in [0.29, 0.717) is 12.4 Å². The lowest BCUT2D eigenvalue weighted by Gasteiger charge is -2.29. The van der Waals surface area contributed by atoms with Crippen LogP contribution in [0, 0.1) is 5.82 Å². The van der Waals surface area contributed by atoms with Crippen LogP contribution in [-0.4, -0.2) is 12.4 Å². The molecule has 2 aromatic carbocycles. The van der Waals surface area contributed by atoms with Gasteiger partial charge in [0.05, 0.1) is 18.4 Å². The van der Waals surface area contributed by atoms with Crippen LogP contribution in [0.4, 0.5) is 10.1 Å². The van der Waals surface area contributed by atoms with Gasteiger partial charge in [0.1, 0.15) is 11.7 Å². The SMILES string of the molecule is NC1=NC=C(c2cccc(F)c2)N(c2ccccc2)C1. The second-order valence-corrected chi connectivity index (χ2v) is 4.57. The fraction of sp³-hybridized carbons (Fsp3) is 0.0625. The smallest absolute Gasteiger partial charge is 0.123 e. The average molecular weight is 267 g/mol. The van der Waals surface area contributed by atoms with E-state index < -0.39 is 0 Å². The Labute approximate surface area is 116 Å². The van der Waals surface area contributed by atoms with Gasteiger partial charge in [-0.1, -0.05) is 30.3 Å². The highest BCUT2D eigenvalue weighted by atomic mass is 19.1. The number of nitrogens with zero attached hydrogens (tertiary/aromatic N) is 2. The zero-order chi connectivity index (χ0) is 13.9. The number of benzene rings is 2. The zero-order valence-electron chi connectivity index (χ0n) is 10.8. The molecule has 3 nitrogen and oxygen atoms in total. The quantitative estimate of drug-likeness (QED) is 0.908. The first-order valence-electron chi connectivity index (χ1n) is 6.35. The van der Waals surface area contributed by atoms with E-state index in [9.17, 15) is 4.39 Å². The first kappa shape index (κ1) is 12.4. The largest absolute Gasteiger partial charge is 0.386 e. The summed E-state index contributed by atoms with van der Waals surface area (Å²) in [6.07, 6.45) is 1.68. The molecule has 100 valence electrons. The van der Waals surface area contributed by atoms with E-state index in [1.54, 1.807) is 12.3 Å². The molecule has 0 fully saturated rings.